The van der Waals surface area contributed by atoms with Gasteiger partial charge in [-0.1, -0.05) is 0 Å². The van der Waals surface area contributed by atoms with Crippen LogP contribution >= 0.6 is 0 Å². The molecule has 15 heavy (non-hydrogen) atoms. The van der Waals surface area contributed by atoms with Crippen molar-refractivity contribution in [2.45, 2.75) is 18.2 Å². The van der Waals surface area contributed by atoms with E-state index in [1.165, 1.54) is 12.1 Å². The fraction of sp³-hybridized carbons (Fsp3) is 0.455. The Labute approximate surface area is 91.9 Å². The molecule has 0 spiro atoms. The summed E-state index contributed by atoms with van der Waals surface area (Å²) in [6.45, 7) is 3.24. The normalized spacial score (nSPS) is 12.7. The van der Waals surface area contributed by atoms with E-state index in [2.05, 4.69) is 0 Å². The average molecular weight is 230 g/mol. The van der Waals surface area contributed by atoms with E-state index < -0.39 is 10.8 Å². The fourth-order valence-corrected chi connectivity index (χ4v) is 2.20. The van der Waals surface area contributed by atoms with Gasteiger partial charge in [0.25, 0.3) is 0 Å². The first-order valence-electron chi connectivity index (χ1n) is 4.95. The van der Waals surface area contributed by atoms with Crippen LogP contribution in [0.1, 0.15) is 13.3 Å². The lowest BCUT2D eigenvalue weighted by atomic mass is 10.4. The minimum absolute atomic E-state index is 0.301. The lowest BCUT2D eigenvalue weighted by Crippen LogP contribution is -2.03. The first-order chi connectivity index (χ1) is 7.24. The molecule has 0 heterocycles. The highest BCUT2D eigenvalue weighted by atomic mass is 32.2. The Hall–Kier alpha value is -0.740. The minimum Gasteiger partial charge on any atom is -0.382 e. The highest BCUT2D eigenvalue weighted by Gasteiger charge is 2.03. The Kier molecular flexibility index (Phi) is 5.50. The van der Waals surface area contributed by atoms with Gasteiger partial charge in [-0.3, -0.25) is 4.21 Å². The largest absolute Gasteiger partial charge is 0.382 e. The molecule has 1 atom stereocenters. The van der Waals surface area contributed by atoms with Crippen LogP contribution < -0.4 is 0 Å². The van der Waals surface area contributed by atoms with Crippen LogP contribution in [0.15, 0.2) is 29.2 Å². The van der Waals surface area contributed by atoms with Crippen molar-refractivity contribution in [3.63, 3.8) is 0 Å². The van der Waals surface area contributed by atoms with Crippen molar-refractivity contribution in [2.75, 3.05) is 19.0 Å². The molecule has 1 aromatic carbocycles. The summed E-state index contributed by atoms with van der Waals surface area (Å²) in [5.41, 5.74) is 0. The third kappa shape index (κ3) is 4.53. The van der Waals surface area contributed by atoms with Crippen molar-refractivity contribution in [1.29, 1.82) is 0 Å². The molecular weight excluding hydrogens is 215 g/mol. The molecule has 0 aromatic heterocycles. The van der Waals surface area contributed by atoms with E-state index in [1.807, 2.05) is 6.92 Å². The molecule has 1 aromatic rings. The highest BCUT2D eigenvalue weighted by molar-refractivity contribution is 7.85. The first-order valence-corrected chi connectivity index (χ1v) is 6.27. The standard InChI is InChI=1S/C11H15FO2S/c1-2-14-8-3-9-15(13)11-6-4-10(12)5-7-11/h4-7H,2-3,8-9H2,1H3. The monoisotopic (exact) mass is 230 g/mol. The van der Waals surface area contributed by atoms with Gasteiger partial charge in [-0.15, -0.1) is 0 Å². The molecule has 2 nitrogen and oxygen atoms in total. The van der Waals surface area contributed by atoms with Crippen LogP contribution in [-0.4, -0.2) is 23.2 Å². The Bertz CT molecular complexity index is 311. The van der Waals surface area contributed by atoms with Crippen LogP contribution in [0.2, 0.25) is 0 Å². The maximum absolute atomic E-state index is 12.6. The Balaban J connectivity index is 2.37. The van der Waals surface area contributed by atoms with Gasteiger partial charge in [0.05, 0.1) is 10.8 Å². The number of hydrogen-bond acceptors (Lipinski definition) is 2. The maximum Gasteiger partial charge on any atom is 0.123 e. The summed E-state index contributed by atoms with van der Waals surface area (Å²) in [5, 5.41) is 0. The molecule has 0 aliphatic carbocycles. The second kappa shape index (κ2) is 6.69. The lowest BCUT2D eigenvalue weighted by molar-refractivity contribution is 0.149. The topological polar surface area (TPSA) is 26.3 Å². The van der Waals surface area contributed by atoms with E-state index in [4.69, 9.17) is 4.74 Å². The first kappa shape index (κ1) is 12.3. The lowest BCUT2D eigenvalue weighted by Gasteiger charge is -2.02. The summed E-state index contributed by atoms with van der Waals surface area (Å²) in [7, 11) is -1.04. The third-order valence-corrected chi connectivity index (χ3v) is 3.36. The molecule has 1 rings (SSSR count). The van der Waals surface area contributed by atoms with Gasteiger partial charge in [0.1, 0.15) is 5.82 Å². The van der Waals surface area contributed by atoms with Crippen molar-refractivity contribution in [1.82, 2.24) is 0 Å². The summed E-state index contributed by atoms with van der Waals surface area (Å²) in [6, 6.07) is 5.78. The summed E-state index contributed by atoms with van der Waals surface area (Å²) in [4.78, 5) is 0.674. The molecule has 1 unspecified atom stereocenters. The molecule has 0 radical (unpaired) electrons. The van der Waals surface area contributed by atoms with Crippen molar-refractivity contribution >= 4 is 10.8 Å². The van der Waals surface area contributed by atoms with Gasteiger partial charge in [0.2, 0.25) is 0 Å². The van der Waals surface area contributed by atoms with Crippen LogP contribution in [0, 0.1) is 5.82 Å². The average Bonchev–Trinajstić information content (AvgIpc) is 2.25. The molecule has 0 bridgehead atoms. The van der Waals surface area contributed by atoms with Gasteiger partial charge >= 0.3 is 0 Å². The predicted molar refractivity (Wildman–Crippen MR) is 58.8 cm³/mol. The summed E-state index contributed by atoms with van der Waals surface area (Å²) >= 11 is 0. The molecule has 0 aliphatic heterocycles. The molecule has 0 saturated heterocycles. The highest BCUT2D eigenvalue weighted by Crippen LogP contribution is 2.08. The Morgan fingerprint density at radius 2 is 2.00 bits per heavy atom. The van der Waals surface area contributed by atoms with Crippen LogP contribution in [0.5, 0.6) is 0 Å². The van der Waals surface area contributed by atoms with Crippen molar-refractivity contribution in [3.05, 3.63) is 30.1 Å². The van der Waals surface area contributed by atoms with Crippen LogP contribution in [-0.2, 0) is 15.5 Å². The van der Waals surface area contributed by atoms with E-state index in [0.717, 1.165) is 6.42 Å². The van der Waals surface area contributed by atoms with Crippen LogP contribution in [0.25, 0.3) is 0 Å². The second-order valence-corrected chi connectivity index (χ2v) is 4.62. The maximum atomic E-state index is 12.6. The number of halogens is 1. The van der Waals surface area contributed by atoms with Gasteiger partial charge < -0.3 is 4.74 Å². The van der Waals surface area contributed by atoms with Crippen molar-refractivity contribution in [3.8, 4) is 0 Å². The van der Waals surface area contributed by atoms with Gasteiger partial charge in [-0.2, -0.15) is 0 Å². The number of ether oxygens (including phenoxy) is 1. The third-order valence-electron chi connectivity index (χ3n) is 1.90. The second-order valence-electron chi connectivity index (χ2n) is 3.05. The zero-order valence-electron chi connectivity index (χ0n) is 8.74. The smallest absolute Gasteiger partial charge is 0.123 e. The zero-order valence-corrected chi connectivity index (χ0v) is 9.56. The molecule has 4 heteroatoms. The Morgan fingerprint density at radius 3 is 2.60 bits per heavy atom. The minimum atomic E-state index is -1.04. The molecule has 84 valence electrons. The quantitative estimate of drug-likeness (QED) is 0.701. The van der Waals surface area contributed by atoms with Gasteiger partial charge in [0, 0.05) is 23.9 Å². The molecule has 0 aliphatic rings. The van der Waals surface area contributed by atoms with Crippen LogP contribution in [0.4, 0.5) is 4.39 Å². The van der Waals surface area contributed by atoms with E-state index in [9.17, 15) is 8.60 Å². The number of benzene rings is 1. The van der Waals surface area contributed by atoms with Gasteiger partial charge in [-0.05, 0) is 37.6 Å². The summed E-state index contributed by atoms with van der Waals surface area (Å²) < 4.78 is 29.4. The fourth-order valence-electron chi connectivity index (χ4n) is 1.14. The van der Waals surface area contributed by atoms with E-state index in [-0.39, 0.29) is 5.82 Å². The van der Waals surface area contributed by atoms with Gasteiger partial charge in [0.15, 0.2) is 0 Å². The van der Waals surface area contributed by atoms with Gasteiger partial charge in [-0.25, -0.2) is 4.39 Å². The van der Waals surface area contributed by atoms with Crippen molar-refractivity contribution in [2.24, 2.45) is 0 Å². The predicted octanol–water partition coefficient (Wildman–Crippen LogP) is 2.36. The molecule has 0 fully saturated rings. The van der Waals surface area contributed by atoms with Crippen LogP contribution in [0.3, 0.4) is 0 Å². The molecule has 0 amide bonds. The van der Waals surface area contributed by atoms with E-state index >= 15 is 0 Å². The SMILES string of the molecule is CCOCCCS(=O)c1ccc(F)cc1. The molecule has 0 N–H and O–H groups in total. The number of rotatable bonds is 6. The number of hydrogen-bond donors (Lipinski definition) is 0. The summed E-state index contributed by atoms with van der Waals surface area (Å²) in [5.74, 6) is 0.260. The van der Waals surface area contributed by atoms with E-state index in [1.54, 1.807) is 12.1 Å². The van der Waals surface area contributed by atoms with E-state index in [0.29, 0.717) is 23.9 Å². The zero-order chi connectivity index (χ0) is 11.1. The Morgan fingerprint density at radius 1 is 1.33 bits per heavy atom. The summed E-state index contributed by atoms with van der Waals surface area (Å²) in [6.07, 6.45) is 0.762. The molecular formula is C11H15FO2S. The van der Waals surface area contributed by atoms with Crippen molar-refractivity contribution < 1.29 is 13.3 Å². The molecule has 0 saturated carbocycles.